The first-order valence-corrected chi connectivity index (χ1v) is 5.52. The van der Waals surface area contributed by atoms with Crippen LogP contribution in [-0.2, 0) is 4.74 Å². The molecule has 3 atom stereocenters. The van der Waals surface area contributed by atoms with Crippen LogP contribution in [-0.4, -0.2) is 22.8 Å². The minimum absolute atomic E-state index is 0.0501. The molecule has 0 aromatic carbocycles. The standard InChI is InChI=1S/C11H19N3O/c1-8(12)11-6-13-7-14(11)9-3-4-10(5-9)15-2/h6-10H,3-5,12H2,1-2H3. The molecule has 84 valence electrons. The van der Waals surface area contributed by atoms with E-state index in [-0.39, 0.29) is 6.04 Å². The van der Waals surface area contributed by atoms with E-state index in [1.54, 1.807) is 7.11 Å². The lowest BCUT2D eigenvalue weighted by Gasteiger charge is -2.17. The number of rotatable bonds is 3. The molecule has 1 fully saturated rings. The largest absolute Gasteiger partial charge is 0.381 e. The molecule has 1 aromatic heterocycles. The summed E-state index contributed by atoms with van der Waals surface area (Å²) in [5.41, 5.74) is 7.02. The van der Waals surface area contributed by atoms with E-state index in [4.69, 9.17) is 10.5 Å². The lowest BCUT2D eigenvalue weighted by atomic mass is 10.2. The van der Waals surface area contributed by atoms with Crippen molar-refractivity contribution >= 4 is 0 Å². The van der Waals surface area contributed by atoms with Crippen LogP contribution >= 0.6 is 0 Å². The number of hydrogen-bond acceptors (Lipinski definition) is 3. The molecule has 1 aliphatic carbocycles. The summed E-state index contributed by atoms with van der Waals surface area (Å²) in [6, 6.07) is 0.563. The maximum atomic E-state index is 5.90. The summed E-state index contributed by atoms with van der Waals surface area (Å²) in [6.07, 6.45) is 7.53. The van der Waals surface area contributed by atoms with Gasteiger partial charge in [0.25, 0.3) is 0 Å². The highest BCUT2D eigenvalue weighted by Gasteiger charge is 2.27. The predicted octanol–water partition coefficient (Wildman–Crippen LogP) is 1.64. The van der Waals surface area contributed by atoms with Gasteiger partial charge in [-0.2, -0.15) is 0 Å². The average molecular weight is 209 g/mol. The lowest BCUT2D eigenvalue weighted by molar-refractivity contribution is 0.105. The van der Waals surface area contributed by atoms with Gasteiger partial charge >= 0.3 is 0 Å². The van der Waals surface area contributed by atoms with Gasteiger partial charge in [0, 0.05) is 25.4 Å². The fourth-order valence-electron chi connectivity index (χ4n) is 2.36. The van der Waals surface area contributed by atoms with Crippen LogP contribution in [0.2, 0.25) is 0 Å². The summed E-state index contributed by atoms with van der Waals surface area (Å²) >= 11 is 0. The maximum Gasteiger partial charge on any atom is 0.0951 e. The third-order valence-corrected chi connectivity index (χ3v) is 3.25. The number of ether oxygens (including phenoxy) is 1. The summed E-state index contributed by atoms with van der Waals surface area (Å²) in [4.78, 5) is 4.18. The first-order chi connectivity index (χ1) is 7.22. The molecule has 0 amide bonds. The van der Waals surface area contributed by atoms with Crippen molar-refractivity contribution in [3.05, 3.63) is 18.2 Å². The predicted molar refractivity (Wildman–Crippen MR) is 58.5 cm³/mol. The molecule has 0 saturated heterocycles. The number of nitrogens with two attached hydrogens (primary N) is 1. The highest BCUT2D eigenvalue weighted by atomic mass is 16.5. The van der Waals surface area contributed by atoms with Crippen molar-refractivity contribution in [3.8, 4) is 0 Å². The van der Waals surface area contributed by atoms with E-state index in [1.165, 1.54) is 0 Å². The van der Waals surface area contributed by atoms with Crippen LogP contribution in [0.15, 0.2) is 12.5 Å². The molecule has 1 heterocycles. The fraction of sp³-hybridized carbons (Fsp3) is 0.727. The minimum atomic E-state index is 0.0501. The van der Waals surface area contributed by atoms with E-state index < -0.39 is 0 Å². The van der Waals surface area contributed by atoms with E-state index in [1.807, 2.05) is 19.4 Å². The molecule has 0 bridgehead atoms. The van der Waals surface area contributed by atoms with Gasteiger partial charge < -0.3 is 15.0 Å². The van der Waals surface area contributed by atoms with Gasteiger partial charge in [-0.05, 0) is 26.2 Å². The Hall–Kier alpha value is -0.870. The van der Waals surface area contributed by atoms with Crippen molar-refractivity contribution in [2.75, 3.05) is 7.11 Å². The Morgan fingerprint density at radius 2 is 2.40 bits per heavy atom. The van der Waals surface area contributed by atoms with E-state index >= 15 is 0 Å². The molecule has 1 saturated carbocycles. The van der Waals surface area contributed by atoms with Crippen LogP contribution in [0.25, 0.3) is 0 Å². The molecule has 4 heteroatoms. The van der Waals surface area contributed by atoms with Crippen molar-refractivity contribution in [1.29, 1.82) is 0 Å². The Balaban J connectivity index is 2.13. The fourth-order valence-corrected chi connectivity index (χ4v) is 2.36. The molecular weight excluding hydrogens is 190 g/mol. The van der Waals surface area contributed by atoms with Crippen molar-refractivity contribution in [2.45, 2.75) is 44.4 Å². The molecule has 1 aromatic rings. The minimum Gasteiger partial charge on any atom is -0.381 e. The molecule has 15 heavy (non-hydrogen) atoms. The van der Waals surface area contributed by atoms with E-state index in [0.717, 1.165) is 25.0 Å². The van der Waals surface area contributed by atoms with Gasteiger partial charge in [-0.1, -0.05) is 0 Å². The molecule has 4 nitrogen and oxygen atoms in total. The van der Waals surface area contributed by atoms with E-state index in [9.17, 15) is 0 Å². The van der Waals surface area contributed by atoms with Crippen molar-refractivity contribution in [2.24, 2.45) is 5.73 Å². The van der Waals surface area contributed by atoms with Crippen LogP contribution in [0.5, 0.6) is 0 Å². The number of aromatic nitrogens is 2. The summed E-state index contributed by atoms with van der Waals surface area (Å²) in [7, 11) is 1.79. The molecule has 1 aliphatic rings. The van der Waals surface area contributed by atoms with Crippen molar-refractivity contribution in [3.63, 3.8) is 0 Å². The zero-order valence-corrected chi connectivity index (χ0v) is 9.39. The Kier molecular flexibility index (Phi) is 3.07. The van der Waals surface area contributed by atoms with Crippen LogP contribution in [0.3, 0.4) is 0 Å². The van der Waals surface area contributed by atoms with Crippen LogP contribution < -0.4 is 5.73 Å². The maximum absolute atomic E-state index is 5.90. The normalized spacial score (nSPS) is 28.2. The molecule has 0 radical (unpaired) electrons. The number of imidazole rings is 1. The third kappa shape index (κ3) is 2.06. The van der Waals surface area contributed by atoms with Crippen LogP contribution in [0.1, 0.15) is 44.0 Å². The summed E-state index contributed by atoms with van der Waals surface area (Å²) in [6.45, 7) is 2.00. The Labute approximate surface area is 90.4 Å². The molecule has 0 aliphatic heterocycles. The third-order valence-electron chi connectivity index (χ3n) is 3.25. The monoisotopic (exact) mass is 209 g/mol. The number of hydrogen-bond donors (Lipinski definition) is 1. The van der Waals surface area contributed by atoms with Gasteiger partial charge in [0.05, 0.1) is 18.1 Å². The Morgan fingerprint density at radius 1 is 1.60 bits per heavy atom. The van der Waals surface area contributed by atoms with Crippen molar-refractivity contribution in [1.82, 2.24) is 9.55 Å². The van der Waals surface area contributed by atoms with Crippen LogP contribution in [0, 0.1) is 0 Å². The molecule has 0 spiro atoms. The zero-order chi connectivity index (χ0) is 10.8. The van der Waals surface area contributed by atoms with Crippen molar-refractivity contribution < 1.29 is 4.74 Å². The quantitative estimate of drug-likeness (QED) is 0.823. The SMILES string of the molecule is COC1CCC(n2cncc2C(C)N)C1. The van der Waals surface area contributed by atoms with Gasteiger partial charge in [0.2, 0.25) is 0 Å². The Bertz CT molecular complexity index is 321. The summed E-state index contributed by atoms with van der Waals surface area (Å²) in [5.74, 6) is 0. The molecule has 2 N–H and O–H groups in total. The van der Waals surface area contributed by atoms with Gasteiger partial charge in [-0.25, -0.2) is 4.98 Å². The topological polar surface area (TPSA) is 53.1 Å². The smallest absolute Gasteiger partial charge is 0.0951 e. The molecule has 3 unspecified atom stereocenters. The first kappa shape index (κ1) is 10.6. The lowest BCUT2D eigenvalue weighted by Crippen LogP contribution is -2.15. The second-order valence-electron chi connectivity index (χ2n) is 4.34. The van der Waals surface area contributed by atoms with Gasteiger partial charge in [-0.15, -0.1) is 0 Å². The highest BCUT2D eigenvalue weighted by Crippen LogP contribution is 2.33. The van der Waals surface area contributed by atoms with Gasteiger partial charge in [-0.3, -0.25) is 0 Å². The molecule has 2 rings (SSSR count). The van der Waals surface area contributed by atoms with E-state index in [0.29, 0.717) is 12.1 Å². The second-order valence-corrected chi connectivity index (χ2v) is 4.34. The van der Waals surface area contributed by atoms with Gasteiger partial charge in [0.1, 0.15) is 0 Å². The van der Waals surface area contributed by atoms with Gasteiger partial charge in [0.15, 0.2) is 0 Å². The summed E-state index contributed by atoms with van der Waals surface area (Å²) < 4.78 is 7.59. The summed E-state index contributed by atoms with van der Waals surface area (Å²) in [5, 5.41) is 0. The zero-order valence-electron chi connectivity index (χ0n) is 9.39. The number of nitrogens with zero attached hydrogens (tertiary/aromatic N) is 2. The Morgan fingerprint density at radius 3 is 3.00 bits per heavy atom. The highest BCUT2D eigenvalue weighted by molar-refractivity contribution is 5.06. The number of methoxy groups -OCH3 is 1. The average Bonchev–Trinajstić information content (AvgIpc) is 2.85. The van der Waals surface area contributed by atoms with E-state index in [2.05, 4.69) is 9.55 Å². The molecular formula is C11H19N3O. The first-order valence-electron chi connectivity index (χ1n) is 5.52. The van der Waals surface area contributed by atoms with Crippen LogP contribution in [0.4, 0.5) is 0 Å². The second kappa shape index (κ2) is 4.33.